The van der Waals surface area contributed by atoms with E-state index >= 15 is 0 Å². The van der Waals surface area contributed by atoms with Crippen LogP contribution in [0.1, 0.15) is 54.0 Å². The summed E-state index contributed by atoms with van der Waals surface area (Å²) in [5, 5.41) is 16.2. The molecule has 0 saturated heterocycles. The monoisotopic (exact) mass is 530 g/mol. The molecule has 1 atom stereocenters. The van der Waals surface area contributed by atoms with E-state index in [0.717, 1.165) is 5.56 Å². The van der Waals surface area contributed by atoms with E-state index in [0.29, 0.717) is 45.5 Å². The average molecular weight is 531 g/mol. The molecule has 0 aromatic heterocycles. The number of amides is 2. The van der Waals surface area contributed by atoms with E-state index in [1.54, 1.807) is 54.6 Å². The number of halogens is 2. The number of carbonyl (C=O) groups excluding carboxylic acids is 2. The lowest BCUT2D eigenvalue weighted by molar-refractivity contribution is 0.0929. The Kier molecular flexibility index (Phi) is 11.2. The lowest BCUT2D eigenvalue weighted by Crippen LogP contribution is -2.37. The van der Waals surface area contributed by atoms with Crippen LogP contribution in [0, 0.1) is 0 Å². The van der Waals surface area contributed by atoms with Crippen molar-refractivity contribution in [1.82, 2.24) is 5.32 Å². The molecule has 0 aliphatic heterocycles. The van der Waals surface area contributed by atoms with Crippen LogP contribution in [0.4, 0.5) is 5.69 Å². The molecule has 0 aliphatic rings. The molecular formula is C28H32Cl2N2O4. The molecule has 0 spiro atoms. The third-order valence-electron chi connectivity index (χ3n) is 5.17. The molecule has 0 saturated carbocycles. The van der Waals surface area contributed by atoms with Gasteiger partial charge in [0.25, 0.3) is 11.8 Å². The summed E-state index contributed by atoms with van der Waals surface area (Å²) in [5.74, 6) is 0.00461. The van der Waals surface area contributed by atoms with Crippen LogP contribution in [0.2, 0.25) is 10.0 Å². The maximum Gasteiger partial charge on any atom is 0.255 e. The zero-order valence-electron chi connectivity index (χ0n) is 19.6. The smallest absolute Gasteiger partial charge is 0.255 e. The first-order chi connectivity index (χ1) is 16.7. The highest BCUT2D eigenvalue weighted by atomic mass is 35.5. The number of carbonyl (C=O) groups is 2. The van der Waals surface area contributed by atoms with Crippen LogP contribution in [-0.4, -0.2) is 35.7 Å². The fourth-order valence-electron chi connectivity index (χ4n) is 3.45. The first-order valence-electron chi connectivity index (χ1n) is 11.3. The van der Waals surface area contributed by atoms with Crippen molar-refractivity contribution in [3.05, 3.63) is 93.5 Å². The zero-order valence-corrected chi connectivity index (χ0v) is 21.1. The van der Waals surface area contributed by atoms with E-state index < -0.39 is 0 Å². The molecular weight excluding hydrogens is 499 g/mol. The second kappa shape index (κ2) is 13.9. The van der Waals surface area contributed by atoms with Crippen molar-refractivity contribution < 1.29 is 19.4 Å². The molecule has 192 valence electrons. The van der Waals surface area contributed by atoms with Gasteiger partial charge in [-0.2, -0.15) is 0 Å². The summed E-state index contributed by atoms with van der Waals surface area (Å²) >= 11 is 12.1. The lowest BCUT2D eigenvalue weighted by atomic mass is 10.0. The number of nitrogens with one attached hydrogen (secondary N) is 2. The molecule has 0 radical (unpaired) electrons. The summed E-state index contributed by atoms with van der Waals surface area (Å²) in [4.78, 5) is 25.2. The van der Waals surface area contributed by atoms with Crippen LogP contribution in [-0.2, 0) is 6.42 Å². The summed E-state index contributed by atoms with van der Waals surface area (Å²) in [7, 11) is 0. The first kappa shape index (κ1) is 29.2. The van der Waals surface area contributed by atoms with Gasteiger partial charge >= 0.3 is 0 Å². The van der Waals surface area contributed by atoms with Crippen LogP contribution in [0.5, 0.6) is 5.75 Å². The molecule has 0 heterocycles. The van der Waals surface area contributed by atoms with Crippen molar-refractivity contribution in [3.63, 3.8) is 0 Å². The number of rotatable bonds is 10. The second-order valence-corrected chi connectivity index (χ2v) is 9.20. The van der Waals surface area contributed by atoms with E-state index in [1.165, 1.54) is 0 Å². The summed E-state index contributed by atoms with van der Waals surface area (Å²) in [6.45, 7) is 3.73. The van der Waals surface area contributed by atoms with Crippen molar-refractivity contribution in [2.45, 2.75) is 46.3 Å². The van der Waals surface area contributed by atoms with Crippen molar-refractivity contribution >= 4 is 40.7 Å². The highest BCUT2D eigenvalue weighted by Gasteiger charge is 2.16. The van der Waals surface area contributed by atoms with Gasteiger partial charge in [-0.1, -0.05) is 42.8 Å². The van der Waals surface area contributed by atoms with E-state index in [4.69, 9.17) is 27.9 Å². The van der Waals surface area contributed by atoms with Gasteiger partial charge in [0.1, 0.15) is 5.75 Å². The van der Waals surface area contributed by atoms with Gasteiger partial charge < -0.3 is 20.5 Å². The molecule has 0 aliphatic carbocycles. The Morgan fingerprint density at radius 2 is 1.56 bits per heavy atom. The molecule has 0 unspecified atom stereocenters. The Bertz CT molecular complexity index is 1150. The Balaban J connectivity index is 0.00000456. The summed E-state index contributed by atoms with van der Waals surface area (Å²) in [6, 6.07) is 18.6. The maximum absolute atomic E-state index is 12.8. The standard InChI is InChI=1S/C27H28Cl2N2O4.CH4/c1-17(2)35-25-12-7-20(16-24(25)29)27(34)31-23(13-14-32)15-18-3-10-22(11-4-18)30-26(33)19-5-8-21(28)9-6-19;/h3-12,16-17,23,32H,13-15H2,1-2H3,(H,30,33)(H,31,34);1H4/t23-;/m1./s1. The predicted octanol–water partition coefficient (Wildman–Crippen LogP) is 6.39. The van der Waals surface area contributed by atoms with Gasteiger partial charge in [-0.15, -0.1) is 0 Å². The van der Waals surface area contributed by atoms with E-state index in [2.05, 4.69) is 10.6 Å². The van der Waals surface area contributed by atoms with Gasteiger partial charge in [0.15, 0.2) is 0 Å². The maximum atomic E-state index is 12.8. The largest absolute Gasteiger partial charge is 0.489 e. The zero-order chi connectivity index (χ0) is 25.4. The fourth-order valence-corrected chi connectivity index (χ4v) is 3.81. The van der Waals surface area contributed by atoms with Crippen molar-refractivity contribution in [2.75, 3.05) is 11.9 Å². The van der Waals surface area contributed by atoms with Crippen LogP contribution < -0.4 is 15.4 Å². The number of anilines is 1. The number of hydrogen-bond acceptors (Lipinski definition) is 4. The average Bonchev–Trinajstić information content (AvgIpc) is 2.82. The SMILES string of the molecule is C.CC(C)Oc1ccc(C(=O)N[C@H](CCO)Cc2ccc(NC(=O)c3ccc(Cl)cc3)cc2)cc1Cl. The molecule has 3 N–H and O–H groups in total. The minimum Gasteiger partial charge on any atom is -0.489 e. The van der Waals surface area contributed by atoms with Crippen molar-refractivity contribution in [1.29, 1.82) is 0 Å². The molecule has 8 heteroatoms. The first-order valence-corrected chi connectivity index (χ1v) is 12.0. The minimum atomic E-state index is -0.285. The Morgan fingerprint density at radius 3 is 2.14 bits per heavy atom. The van der Waals surface area contributed by atoms with Crippen LogP contribution in [0.25, 0.3) is 0 Å². The molecule has 3 aromatic carbocycles. The van der Waals surface area contributed by atoms with Gasteiger partial charge in [-0.25, -0.2) is 0 Å². The topological polar surface area (TPSA) is 87.7 Å². The quantitative estimate of drug-likeness (QED) is 0.283. The van der Waals surface area contributed by atoms with Gasteiger partial charge in [0.2, 0.25) is 0 Å². The highest BCUT2D eigenvalue weighted by molar-refractivity contribution is 6.32. The summed E-state index contributed by atoms with van der Waals surface area (Å²) < 4.78 is 5.61. The van der Waals surface area contributed by atoms with E-state index in [1.807, 2.05) is 26.0 Å². The van der Waals surface area contributed by atoms with Crippen molar-refractivity contribution in [3.8, 4) is 5.75 Å². The van der Waals surface area contributed by atoms with Crippen molar-refractivity contribution in [2.24, 2.45) is 0 Å². The van der Waals surface area contributed by atoms with Crippen LogP contribution in [0.3, 0.4) is 0 Å². The fraction of sp³-hybridized carbons (Fsp3) is 0.286. The lowest BCUT2D eigenvalue weighted by Gasteiger charge is -2.19. The van der Waals surface area contributed by atoms with Gasteiger partial charge in [0.05, 0.1) is 11.1 Å². The predicted molar refractivity (Wildman–Crippen MR) is 146 cm³/mol. The molecule has 36 heavy (non-hydrogen) atoms. The summed E-state index contributed by atoms with van der Waals surface area (Å²) in [6.07, 6.45) is 0.876. The molecule has 6 nitrogen and oxygen atoms in total. The Labute approximate surface area is 222 Å². The number of aliphatic hydroxyl groups is 1. The number of benzene rings is 3. The third-order valence-corrected chi connectivity index (χ3v) is 5.72. The highest BCUT2D eigenvalue weighted by Crippen LogP contribution is 2.26. The Morgan fingerprint density at radius 1 is 0.917 bits per heavy atom. The molecule has 0 fully saturated rings. The van der Waals surface area contributed by atoms with Gasteiger partial charge in [0, 0.05) is 34.5 Å². The second-order valence-electron chi connectivity index (χ2n) is 8.36. The summed E-state index contributed by atoms with van der Waals surface area (Å²) in [5.41, 5.74) is 2.52. The number of aliphatic hydroxyl groups excluding tert-OH is 1. The molecule has 2 amide bonds. The van der Waals surface area contributed by atoms with E-state index in [9.17, 15) is 14.7 Å². The van der Waals surface area contributed by atoms with Gasteiger partial charge in [-0.05, 0) is 86.8 Å². The van der Waals surface area contributed by atoms with E-state index in [-0.39, 0.29) is 38.0 Å². The minimum absolute atomic E-state index is 0. The van der Waals surface area contributed by atoms with Crippen LogP contribution >= 0.6 is 23.2 Å². The molecule has 0 bridgehead atoms. The molecule has 3 rings (SSSR count). The normalized spacial score (nSPS) is 11.4. The van der Waals surface area contributed by atoms with Crippen LogP contribution in [0.15, 0.2) is 66.7 Å². The number of hydrogen-bond donors (Lipinski definition) is 3. The number of ether oxygens (including phenoxy) is 1. The molecule has 3 aromatic rings. The third kappa shape index (κ3) is 8.55. The Hall–Kier alpha value is -3.06. The van der Waals surface area contributed by atoms with Gasteiger partial charge in [-0.3, -0.25) is 9.59 Å².